The molecule has 0 radical (unpaired) electrons. The molecule has 4 heteroatoms. The molecular weight excluding hydrogens is 224 g/mol. The Balaban J connectivity index is 2.18. The number of hydrogen-bond donors (Lipinski definition) is 0. The highest BCUT2D eigenvalue weighted by atomic mass is 15.4. The van der Waals surface area contributed by atoms with Crippen molar-refractivity contribution in [2.45, 2.75) is 0 Å². The number of aromatic nitrogens is 4. The fourth-order valence-corrected chi connectivity index (χ4v) is 1.81. The van der Waals surface area contributed by atoms with Crippen LogP contribution in [0.2, 0.25) is 0 Å². The van der Waals surface area contributed by atoms with Gasteiger partial charge in [-0.25, -0.2) is 0 Å². The molecule has 0 fully saturated rings. The van der Waals surface area contributed by atoms with Gasteiger partial charge in [-0.15, -0.1) is 10.2 Å². The van der Waals surface area contributed by atoms with Crippen molar-refractivity contribution in [1.29, 1.82) is 0 Å². The first kappa shape index (κ1) is 10.5. The molecule has 3 aromatic rings. The van der Waals surface area contributed by atoms with Crippen LogP contribution >= 0.6 is 0 Å². The van der Waals surface area contributed by atoms with Gasteiger partial charge in [-0.05, 0) is 10.4 Å². The van der Waals surface area contributed by atoms with Crippen LogP contribution < -0.4 is 0 Å². The van der Waals surface area contributed by atoms with E-state index in [9.17, 15) is 0 Å². The molecular formula is C14H10N4. The molecule has 1 heterocycles. The van der Waals surface area contributed by atoms with Crippen molar-refractivity contribution in [2.24, 2.45) is 0 Å². The van der Waals surface area contributed by atoms with E-state index < -0.39 is 0 Å². The molecule has 2 aromatic carbocycles. The Morgan fingerprint density at radius 3 is 1.28 bits per heavy atom. The second-order valence-electron chi connectivity index (χ2n) is 3.81. The summed E-state index contributed by atoms with van der Waals surface area (Å²) >= 11 is 0. The maximum atomic E-state index is 4.10. The van der Waals surface area contributed by atoms with Crippen LogP contribution in [0.3, 0.4) is 0 Å². The molecule has 0 spiro atoms. The van der Waals surface area contributed by atoms with Gasteiger partial charge in [0, 0.05) is 11.1 Å². The molecule has 86 valence electrons. The van der Waals surface area contributed by atoms with Gasteiger partial charge in [0.2, 0.25) is 0 Å². The van der Waals surface area contributed by atoms with Crippen LogP contribution in [0, 0.1) is 0 Å². The standard InChI is InChI=1S/C14H10N4/c1-3-7-11(8-4-1)13-14(16-18-17-15-13)12-9-5-2-6-10-12/h1-10H. The Bertz CT molecular complexity index is 580. The Hall–Kier alpha value is -2.62. The Labute approximate surface area is 104 Å². The summed E-state index contributed by atoms with van der Waals surface area (Å²) in [6.45, 7) is 0. The molecule has 1 aromatic heterocycles. The molecule has 0 saturated carbocycles. The van der Waals surface area contributed by atoms with Crippen molar-refractivity contribution in [3.05, 3.63) is 60.7 Å². The second kappa shape index (κ2) is 4.71. The van der Waals surface area contributed by atoms with E-state index in [0.717, 1.165) is 22.5 Å². The lowest BCUT2D eigenvalue weighted by molar-refractivity contribution is 0.772. The molecule has 0 atom stereocenters. The smallest absolute Gasteiger partial charge is 0.123 e. The number of nitrogens with zero attached hydrogens (tertiary/aromatic N) is 4. The molecule has 4 nitrogen and oxygen atoms in total. The summed E-state index contributed by atoms with van der Waals surface area (Å²) in [7, 11) is 0. The third-order valence-electron chi connectivity index (χ3n) is 2.65. The largest absolute Gasteiger partial charge is 0.126 e. The highest BCUT2D eigenvalue weighted by Crippen LogP contribution is 2.26. The zero-order chi connectivity index (χ0) is 12.2. The van der Waals surface area contributed by atoms with Crippen LogP contribution in [-0.4, -0.2) is 20.6 Å². The van der Waals surface area contributed by atoms with Gasteiger partial charge in [-0.3, -0.25) is 0 Å². The monoisotopic (exact) mass is 234 g/mol. The maximum absolute atomic E-state index is 4.10. The maximum Gasteiger partial charge on any atom is 0.123 e. The van der Waals surface area contributed by atoms with Crippen molar-refractivity contribution in [1.82, 2.24) is 20.6 Å². The fourth-order valence-electron chi connectivity index (χ4n) is 1.81. The van der Waals surface area contributed by atoms with Crippen molar-refractivity contribution < 1.29 is 0 Å². The van der Waals surface area contributed by atoms with E-state index in [0.29, 0.717) is 0 Å². The quantitative estimate of drug-likeness (QED) is 0.684. The topological polar surface area (TPSA) is 51.6 Å². The van der Waals surface area contributed by atoms with Crippen molar-refractivity contribution in [2.75, 3.05) is 0 Å². The zero-order valence-corrected chi connectivity index (χ0v) is 9.56. The van der Waals surface area contributed by atoms with E-state index in [1.54, 1.807) is 0 Å². The summed E-state index contributed by atoms with van der Waals surface area (Å²) in [5.74, 6) is 0. The van der Waals surface area contributed by atoms with Gasteiger partial charge in [0.1, 0.15) is 11.4 Å². The SMILES string of the molecule is c1ccc(-c2nnnnc2-c2ccccc2)cc1. The van der Waals surface area contributed by atoms with E-state index in [2.05, 4.69) is 20.6 Å². The average molecular weight is 234 g/mol. The van der Waals surface area contributed by atoms with E-state index in [4.69, 9.17) is 0 Å². The minimum atomic E-state index is 0.747. The van der Waals surface area contributed by atoms with Gasteiger partial charge >= 0.3 is 0 Å². The van der Waals surface area contributed by atoms with Crippen LogP contribution in [0.25, 0.3) is 22.5 Å². The zero-order valence-electron chi connectivity index (χ0n) is 9.56. The molecule has 18 heavy (non-hydrogen) atoms. The number of benzene rings is 2. The van der Waals surface area contributed by atoms with Crippen LogP contribution in [-0.2, 0) is 0 Å². The fraction of sp³-hybridized carbons (Fsp3) is 0. The van der Waals surface area contributed by atoms with E-state index in [-0.39, 0.29) is 0 Å². The van der Waals surface area contributed by atoms with Crippen molar-refractivity contribution in [3.63, 3.8) is 0 Å². The van der Waals surface area contributed by atoms with Crippen LogP contribution in [0.1, 0.15) is 0 Å². The Morgan fingerprint density at radius 1 is 0.500 bits per heavy atom. The third kappa shape index (κ3) is 1.96. The first-order valence-electron chi connectivity index (χ1n) is 5.62. The first-order chi connectivity index (χ1) is 8.95. The van der Waals surface area contributed by atoms with E-state index in [1.165, 1.54) is 0 Å². The molecule has 0 aliphatic carbocycles. The normalized spacial score (nSPS) is 10.2. The van der Waals surface area contributed by atoms with Gasteiger partial charge in [0.05, 0.1) is 0 Å². The van der Waals surface area contributed by atoms with Gasteiger partial charge in [0.15, 0.2) is 0 Å². The predicted molar refractivity (Wildman–Crippen MR) is 68.5 cm³/mol. The van der Waals surface area contributed by atoms with Crippen LogP contribution in [0.4, 0.5) is 0 Å². The molecule has 0 N–H and O–H groups in total. The minimum Gasteiger partial charge on any atom is -0.126 e. The molecule has 0 saturated heterocycles. The molecule has 0 aliphatic heterocycles. The lowest BCUT2D eigenvalue weighted by Gasteiger charge is -2.05. The van der Waals surface area contributed by atoms with Crippen LogP contribution in [0.15, 0.2) is 60.7 Å². The average Bonchev–Trinajstić information content (AvgIpc) is 2.49. The predicted octanol–water partition coefficient (Wildman–Crippen LogP) is 2.60. The molecule has 0 bridgehead atoms. The number of hydrogen-bond acceptors (Lipinski definition) is 4. The molecule has 0 unspecified atom stereocenters. The van der Waals surface area contributed by atoms with Crippen molar-refractivity contribution in [3.8, 4) is 22.5 Å². The highest BCUT2D eigenvalue weighted by Gasteiger charge is 2.10. The van der Waals surface area contributed by atoms with Gasteiger partial charge in [0.25, 0.3) is 0 Å². The lowest BCUT2D eigenvalue weighted by atomic mass is 10.1. The minimum absolute atomic E-state index is 0.747. The highest BCUT2D eigenvalue weighted by molar-refractivity contribution is 5.76. The van der Waals surface area contributed by atoms with E-state index in [1.807, 2.05) is 60.7 Å². The summed E-state index contributed by atoms with van der Waals surface area (Å²) < 4.78 is 0. The molecule has 0 aliphatic rings. The summed E-state index contributed by atoms with van der Waals surface area (Å²) in [6.07, 6.45) is 0. The van der Waals surface area contributed by atoms with Gasteiger partial charge < -0.3 is 0 Å². The van der Waals surface area contributed by atoms with Gasteiger partial charge in [-0.1, -0.05) is 60.7 Å². The second-order valence-corrected chi connectivity index (χ2v) is 3.81. The lowest BCUT2D eigenvalue weighted by Crippen LogP contribution is -1.98. The molecule has 0 amide bonds. The summed E-state index contributed by atoms with van der Waals surface area (Å²) in [4.78, 5) is 0. The summed E-state index contributed by atoms with van der Waals surface area (Å²) in [5, 5.41) is 15.5. The molecule has 3 rings (SSSR count). The summed E-state index contributed by atoms with van der Waals surface area (Å²) in [5.41, 5.74) is 3.46. The van der Waals surface area contributed by atoms with E-state index >= 15 is 0 Å². The third-order valence-corrected chi connectivity index (χ3v) is 2.65. The number of rotatable bonds is 2. The first-order valence-corrected chi connectivity index (χ1v) is 5.62. The van der Waals surface area contributed by atoms with Crippen molar-refractivity contribution >= 4 is 0 Å². The van der Waals surface area contributed by atoms with Crippen LogP contribution in [0.5, 0.6) is 0 Å². The summed E-state index contributed by atoms with van der Waals surface area (Å²) in [6, 6.07) is 19.7. The van der Waals surface area contributed by atoms with Gasteiger partial charge in [-0.2, -0.15) is 0 Å². The Kier molecular flexibility index (Phi) is 2.75. The Morgan fingerprint density at radius 2 is 0.889 bits per heavy atom.